The lowest BCUT2D eigenvalue weighted by molar-refractivity contribution is -0.384. The number of aryl methyl sites for hydroxylation is 1. The average Bonchev–Trinajstić information content (AvgIpc) is 3.28. The molecule has 0 radical (unpaired) electrons. The average molecular weight is 350 g/mol. The van der Waals surface area contributed by atoms with Crippen LogP contribution in [0.4, 0.5) is 5.69 Å². The maximum atomic E-state index is 10.7. The van der Waals surface area contributed by atoms with Crippen molar-refractivity contribution in [1.82, 2.24) is 15.0 Å². The summed E-state index contributed by atoms with van der Waals surface area (Å²) in [5.74, 6) is 0.973. The second-order valence-electron chi connectivity index (χ2n) is 6.48. The van der Waals surface area contributed by atoms with E-state index in [1.54, 1.807) is 12.1 Å². The third-order valence-corrected chi connectivity index (χ3v) is 4.82. The summed E-state index contributed by atoms with van der Waals surface area (Å²) in [5, 5.41) is 14.7. The lowest BCUT2D eigenvalue weighted by Crippen LogP contribution is -2.22. The topological polar surface area (TPSA) is 85.3 Å². The van der Waals surface area contributed by atoms with E-state index in [0.717, 1.165) is 12.8 Å². The zero-order valence-electron chi connectivity index (χ0n) is 14.3. The standard InChI is InChI=1S/C19H18N4O3/c1-22(17-11-8-13-4-2-3-5-16(13)17)12-18-20-19(21-26-18)14-6-9-15(10-7-14)23(24)25/h2-7,9-10,17H,8,11-12H2,1H3. The number of nitro benzene ring substituents is 1. The fourth-order valence-electron chi connectivity index (χ4n) is 3.48. The van der Waals surface area contributed by atoms with Crippen LogP contribution in [-0.2, 0) is 13.0 Å². The van der Waals surface area contributed by atoms with Crippen molar-refractivity contribution < 1.29 is 9.45 Å². The van der Waals surface area contributed by atoms with Gasteiger partial charge in [0.2, 0.25) is 11.7 Å². The van der Waals surface area contributed by atoms with Crippen LogP contribution in [0.1, 0.15) is 29.5 Å². The van der Waals surface area contributed by atoms with Crippen molar-refractivity contribution in [1.29, 1.82) is 0 Å². The maximum Gasteiger partial charge on any atom is 0.269 e. The molecule has 0 aliphatic heterocycles. The first-order valence-corrected chi connectivity index (χ1v) is 8.47. The molecule has 1 aliphatic rings. The summed E-state index contributed by atoms with van der Waals surface area (Å²) in [4.78, 5) is 17.0. The molecule has 0 N–H and O–H groups in total. The van der Waals surface area contributed by atoms with Crippen molar-refractivity contribution in [2.75, 3.05) is 7.05 Å². The van der Waals surface area contributed by atoms with Crippen molar-refractivity contribution >= 4 is 5.69 Å². The maximum absolute atomic E-state index is 10.7. The number of rotatable bonds is 5. The Bertz CT molecular complexity index is 936. The molecular weight excluding hydrogens is 332 g/mol. The minimum atomic E-state index is -0.431. The van der Waals surface area contributed by atoms with Crippen LogP contribution < -0.4 is 0 Å². The predicted molar refractivity (Wildman–Crippen MR) is 95.4 cm³/mol. The highest BCUT2D eigenvalue weighted by Gasteiger charge is 2.26. The zero-order valence-corrected chi connectivity index (χ0v) is 14.3. The van der Waals surface area contributed by atoms with Crippen molar-refractivity contribution in [2.45, 2.75) is 25.4 Å². The molecule has 2 aromatic carbocycles. The number of hydrogen-bond acceptors (Lipinski definition) is 6. The number of hydrogen-bond donors (Lipinski definition) is 0. The van der Waals surface area contributed by atoms with Gasteiger partial charge in [0.15, 0.2) is 0 Å². The quantitative estimate of drug-likeness (QED) is 0.514. The van der Waals surface area contributed by atoms with Gasteiger partial charge < -0.3 is 4.52 Å². The Hall–Kier alpha value is -3.06. The van der Waals surface area contributed by atoms with Crippen LogP contribution in [0.2, 0.25) is 0 Å². The molecule has 1 atom stereocenters. The second kappa shape index (κ2) is 6.68. The first kappa shape index (κ1) is 16.4. The summed E-state index contributed by atoms with van der Waals surface area (Å²) in [5.41, 5.74) is 3.50. The molecule has 1 unspecified atom stereocenters. The predicted octanol–water partition coefficient (Wildman–Crippen LogP) is 3.76. The molecule has 132 valence electrons. The Kier molecular flexibility index (Phi) is 4.22. The van der Waals surface area contributed by atoms with Gasteiger partial charge in [-0.25, -0.2) is 0 Å². The molecule has 26 heavy (non-hydrogen) atoms. The normalized spacial score (nSPS) is 16.0. The van der Waals surface area contributed by atoms with Gasteiger partial charge >= 0.3 is 0 Å². The highest BCUT2D eigenvalue weighted by atomic mass is 16.6. The third-order valence-electron chi connectivity index (χ3n) is 4.82. The van der Waals surface area contributed by atoms with E-state index in [0.29, 0.717) is 29.9 Å². The van der Waals surface area contributed by atoms with Crippen molar-refractivity contribution in [3.63, 3.8) is 0 Å². The largest absolute Gasteiger partial charge is 0.338 e. The Labute approximate surface area is 150 Å². The molecule has 0 amide bonds. The van der Waals surface area contributed by atoms with Gasteiger partial charge in [-0.15, -0.1) is 0 Å². The van der Waals surface area contributed by atoms with Crippen LogP contribution in [0.5, 0.6) is 0 Å². The number of nitro groups is 1. The molecule has 0 saturated heterocycles. The minimum absolute atomic E-state index is 0.0390. The van der Waals surface area contributed by atoms with E-state index in [9.17, 15) is 10.1 Å². The SMILES string of the molecule is CN(Cc1nc(-c2ccc([N+](=O)[O-])cc2)no1)C1CCc2ccccc21. The molecule has 1 heterocycles. The number of benzene rings is 2. The third kappa shape index (κ3) is 3.09. The summed E-state index contributed by atoms with van der Waals surface area (Å²) in [6, 6.07) is 15.0. The zero-order chi connectivity index (χ0) is 18.1. The van der Waals surface area contributed by atoms with Gasteiger partial charge in [0, 0.05) is 23.7 Å². The van der Waals surface area contributed by atoms with Crippen LogP contribution in [0, 0.1) is 10.1 Å². The van der Waals surface area contributed by atoms with Gasteiger partial charge in [-0.05, 0) is 43.1 Å². The van der Waals surface area contributed by atoms with E-state index >= 15 is 0 Å². The number of non-ortho nitro benzene ring substituents is 1. The smallest absolute Gasteiger partial charge is 0.269 e. The van der Waals surface area contributed by atoms with Gasteiger partial charge in [-0.3, -0.25) is 15.0 Å². The van der Waals surface area contributed by atoms with Crippen molar-refractivity contribution in [2.24, 2.45) is 0 Å². The van der Waals surface area contributed by atoms with Crippen LogP contribution in [0.25, 0.3) is 11.4 Å². The molecule has 1 aliphatic carbocycles. The number of nitrogens with zero attached hydrogens (tertiary/aromatic N) is 4. The lowest BCUT2D eigenvalue weighted by atomic mass is 10.1. The molecule has 0 spiro atoms. The highest BCUT2D eigenvalue weighted by Crippen LogP contribution is 2.35. The molecule has 4 rings (SSSR count). The molecular formula is C19H18N4O3. The Morgan fingerprint density at radius 1 is 1.23 bits per heavy atom. The number of fused-ring (bicyclic) bond motifs is 1. The van der Waals surface area contributed by atoms with Gasteiger partial charge in [0.05, 0.1) is 11.5 Å². The summed E-state index contributed by atoms with van der Waals surface area (Å²) in [6.45, 7) is 0.555. The van der Waals surface area contributed by atoms with Gasteiger partial charge in [-0.1, -0.05) is 29.4 Å². The van der Waals surface area contributed by atoms with Crippen LogP contribution >= 0.6 is 0 Å². The highest BCUT2D eigenvalue weighted by molar-refractivity contribution is 5.56. The van der Waals surface area contributed by atoms with Gasteiger partial charge in [-0.2, -0.15) is 4.98 Å². The van der Waals surface area contributed by atoms with E-state index < -0.39 is 4.92 Å². The molecule has 7 nitrogen and oxygen atoms in total. The van der Waals surface area contributed by atoms with Gasteiger partial charge in [0.25, 0.3) is 5.69 Å². The Balaban J connectivity index is 1.48. The molecule has 3 aromatic rings. The Morgan fingerprint density at radius 3 is 2.77 bits per heavy atom. The summed E-state index contributed by atoms with van der Waals surface area (Å²) in [7, 11) is 2.06. The first-order valence-electron chi connectivity index (χ1n) is 8.47. The second-order valence-corrected chi connectivity index (χ2v) is 6.48. The van der Waals surface area contributed by atoms with Crippen LogP contribution in [0.15, 0.2) is 53.1 Å². The van der Waals surface area contributed by atoms with E-state index in [-0.39, 0.29) is 5.69 Å². The van der Waals surface area contributed by atoms with Crippen molar-refractivity contribution in [3.05, 3.63) is 75.7 Å². The monoisotopic (exact) mass is 350 g/mol. The van der Waals surface area contributed by atoms with E-state index in [4.69, 9.17) is 4.52 Å². The summed E-state index contributed by atoms with van der Waals surface area (Å²) < 4.78 is 5.38. The lowest BCUT2D eigenvalue weighted by Gasteiger charge is -2.23. The molecule has 7 heteroatoms. The first-order chi connectivity index (χ1) is 12.6. The number of aromatic nitrogens is 2. The Morgan fingerprint density at radius 2 is 2.00 bits per heavy atom. The fraction of sp³-hybridized carbons (Fsp3) is 0.263. The van der Waals surface area contributed by atoms with E-state index in [1.165, 1.54) is 23.3 Å². The minimum Gasteiger partial charge on any atom is -0.338 e. The molecule has 0 bridgehead atoms. The van der Waals surface area contributed by atoms with Crippen LogP contribution in [-0.4, -0.2) is 27.0 Å². The fourth-order valence-corrected chi connectivity index (χ4v) is 3.48. The summed E-state index contributed by atoms with van der Waals surface area (Å²) in [6.07, 6.45) is 2.17. The summed E-state index contributed by atoms with van der Waals surface area (Å²) >= 11 is 0. The molecule has 0 fully saturated rings. The van der Waals surface area contributed by atoms with E-state index in [2.05, 4.69) is 46.4 Å². The molecule has 1 aromatic heterocycles. The van der Waals surface area contributed by atoms with Crippen molar-refractivity contribution in [3.8, 4) is 11.4 Å². The van der Waals surface area contributed by atoms with Crippen LogP contribution in [0.3, 0.4) is 0 Å². The van der Waals surface area contributed by atoms with E-state index in [1.807, 2.05) is 0 Å². The molecule has 0 saturated carbocycles. The van der Waals surface area contributed by atoms with Gasteiger partial charge in [0.1, 0.15) is 0 Å².